The van der Waals surface area contributed by atoms with Gasteiger partial charge >= 0.3 is 0 Å². The van der Waals surface area contributed by atoms with Crippen LogP contribution < -0.4 is 0 Å². The molecule has 2 aromatic carbocycles. The first-order valence-corrected chi connectivity index (χ1v) is 13.5. The predicted molar refractivity (Wildman–Crippen MR) is 138 cm³/mol. The zero-order valence-corrected chi connectivity index (χ0v) is 20.5. The molecule has 4 aliphatic rings. The molecule has 1 saturated heterocycles. The van der Waals surface area contributed by atoms with Gasteiger partial charge in [0.2, 0.25) is 0 Å². The second kappa shape index (κ2) is 9.19. The van der Waals surface area contributed by atoms with Crippen LogP contribution in [0.1, 0.15) is 81.4 Å². The van der Waals surface area contributed by atoms with Gasteiger partial charge in [-0.3, -0.25) is 4.79 Å². The number of hydrogen-bond acceptors (Lipinski definition) is 3. The summed E-state index contributed by atoms with van der Waals surface area (Å²) in [5, 5.41) is 12.3. The highest BCUT2D eigenvalue weighted by Gasteiger charge is 2.63. The lowest BCUT2D eigenvalue weighted by Crippen LogP contribution is -2.59. The number of rotatable bonds is 3. The van der Waals surface area contributed by atoms with Gasteiger partial charge in [0, 0.05) is 11.8 Å². The molecule has 5 atom stereocenters. The van der Waals surface area contributed by atoms with Gasteiger partial charge in [0.15, 0.2) is 11.6 Å². The Morgan fingerprint density at radius 3 is 2.43 bits per heavy atom. The highest BCUT2D eigenvalue weighted by Crippen LogP contribution is 2.62. The van der Waals surface area contributed by atoms with Crippen molar-refractivity contribution in [3.8, 4) is 0 Å². The van der Waals surface area contributed by atoms with Crippen molar-refractivity contribution in [1.29, 1.82) is 0 Å². The number of benzene rings is 2. The van der Waals surface area contributed by atoms with Crippen molar-refractivity contribution in [2.45, 2.75) is 76.1 Å². The quantitative estimate of drug-likeness (QED) is 0.383. The highest BCUT2D eigenvalue weighted by molar-refractivity contribution is 6.06. The van der Waals surface area contributed by atoms with E-state index in [9.17, 15) is 9.90 Å². The van der Waals surface area contributed by atoms with Crippen LogP contribution in [-0.4, -0.2) is 16.7 Å². The molecule has 182 valence electrons. The minimum absolute atomic E-state index is 0.0101. The van der Waals surface area contributed by atoms with E-state index in [0.29, 0.717) is 6.42 Å². The minimum atomic E-state index is -1.20. The number of allylic oxidation sites excluding steroid dienone is 2. The third kappa shape index (κ3) is 3.93. The minimum Gasteiger partial charge on any atom is -0.365 e. The number of ether oxygens (including phenoxy) is 1. The topological polar surface area (TPSA) is 46.5 Å². The van der Waals surface area contributed by atoms with Crippen LogP contribution in [0.5, 0.6) is 0 Å². The molecule has 0 aromatic heterocycles. The first kappa shape index (κ1) is 22.9. The Labute approximate surface area is 208 Å². The maximum Gasteiger partial charge on any atom is 0.175 e. The largest absolute Gasteiger partial charge is 0.365 e. The Kier molecular flexibility index (Phi) is 6.02. The molecule has 2 saturated carbocycles. The van der Waals surface area contributed by atoms with Crippen LogP contribution in [-0.2, 0) is 9.53 Å². The van der Waals surface area contributed by atoms with Crippen LogP contribution in [0.15, 0.2) is 77.9 Å². The van der Waals surface area contributed by atoms with E-state index in [4.69, 9.17) is 4.74 Å². The van der Waals surface area contributed by atoms with E-state index in [2.05, 4.69) is 36.4 Å². The summed E-state index contributed by atoms with van der Waals surface area (Å²) < 4.78 is 6.90. The average Bonchev–Trinajstić information content (AvgIpc) is 3.20. The lowest BCUT2D eigenvalue weighted by Gasteiger charge is -2.56. The molecule has 0 unspecified atom stereocenters. The molecular formula is C32H36O3. The summed E-state index contributed by atoms with van der Waals surface area (Å²) in [4.78, 5) is 14.2. The SMILES string of the molecule is O=C1/C(=C/c2ccccc2)CC[C@]12C[C@@H]1CCC[C@H](C3=CCCCC3)[C@@]1(O)O[C@@H]2c1ccccc1. The molecule has 3 fully saturated rings. The van der Waals surface area contributed by atoms with Crippen LogP contribution in [0.25, 0.3) is 6.08 Å². The van der Waals surface area contributed by atoms with Crippen LogP contribution in [0.3, 0.4) is 0 Å². The predicted octanol–water partition coefficient (Wildman–Crippen LogP) is 7.19. The van der Waals surface area contributed by atoms with Crippen molar-refractivity contribution in [3.63, 3.8) is 0 Å². The van der Waals surface area contributed by atoms with Gasteiger partial charge in [-0.25, -0.2) is 0 Å². The lowest BCUT2D eigenvalue weighted by atomic mass is 9.60. The zero-order valence-electron chi connectivity index (χ0n) is 20.5. The number of carbonyl (C=O) groups is 1. The van der Waals surface area contributed by atoms with Crippen molar-refractivity contribution in [1.82, 2.24) is 0 Å². The molecule has 0 radical (unpaired) electrons. The van der Waals surface area contributed by atoms with Gasteiger partial charge in [0.1, 0.15) is 0 Å². The van der Waals surface area contributed by atoms with E-state index < -0.39 is 17.3 Å². The van der Waals surface area contributed by atoms with Crippen LogP contribution in [0, 0.1) is 17.3 Å². The molecule has 1 spiro atoms. The first-order valence-electron chi connectivity index (χ1n) is 13.5. The van der Waals surface area contributed by atoms with Crippen LogP contribution in [0.2, 0.25) is 0 Å². The molecule has 1 N–H and O–H groups in total. The van der Waals surface area contributed by atoms with Crippen molar-refractivity contribution < 1.29 is 14.6 Å². The summed E-state index contributed by atoms with van der Waals surface area (Å²) >= 11 is 0. The Balaban J connectivity index is 1.40. The number of carbonyl (C=O) groups excluding carboxylic acids is 1. The molecule has 1 heterocycles. The first-order chi connectivity index (χ1) is 17.1. The van der Waals surface area contributed by atoms with Crippen molar-refractivity contribution in [2.75, 3.05) is 0 Å². The Hall–Kier alpha value is -2.49. The van der Waals surface area contributed by atoms with Crippen molar-refractivity contribution >= 4 is 11.9 Å². The number of hydrogen-bond donors (Lipinski definition) is 1. The van der Waals surface area contributed by atoms with E-state index in [1.165, 1.54) is 18.4 Å². The maximum absolute atomic E-state index is 14.2. The smallest absolute Gasteiger partial charge is 0.175 e. The van der Waals surface area contributed by atoms with Gasteiger partial charge in [-0.1, -0.05) is 78.7 Å². The second-order valence-corrected chi connectivity index (χ2v) is 11.1. The van der Waals surface area contributed by atoms with E-state index in [-0.39, 0.29) is 17.6 Å². The fourth-order valence-corrected chi connectivity index (χ4v) is 7.42. The van der Waals surface area contributed by atoms with Gasteiger partial charge < -0.3 is 9.84 Å². The van der Waals surface area contributed by atoms with E-state index >= 15 is 0 Å². The third-order valence-corrected chi connectivity index (χ3v) is 9.15. The van der Waals surface area contributed by atoms with Gasteiger partial charge in [0.25, 0.3) is 0 Å². The molecule has 0 amide bonds. The number of Topliss-reactive ketones (excluding diaryl/α,β-unsaturated/α-hetero) is 1. The van der Waals surface area contributed by atoms with E-state index in [1.54, 1.807) is 0 Å². The molecule has 3 aliphatic carbocycles. The summed E-state index contributed by atoms with van der Waals surface area (Å²) in [6, 6.07) is 20.3. The Morgan fingerprint density at radius 2 is 1.69 bits per heavy atom. The van der Waals surface area contributed by atoms with Gasteiger partial charge in [0.05, 0.1) is 11.5 Å². The van der Waals surface area contributed by atoms with Crippen LogP contribution in [0.4, 0.5) is 0 Å². The number of ketones is 1. The lowest BCUT2D eigenvalue weighted by molar-refractivity contribution is -0.340. The molecule has 1 aliphatic heterocycles. The standard InChI is InChI=1S/C32H36O3/c33-29-26(21-23-11-4-1-5-12-23)19-20-31(29)22-27-17-10-18-28(24-13-6-2-7-14-24)32(27,34)35-30(31)25-15-8-3-9-16-25/h1,3-5,8-9,11-13,15-16,21,27-28,30,34H,2,6-7,10,14,17-20,22H2/b26-21+/t27-,28+,30+,31-,32-/m0/s1. The fourth-order valence-electron chi connectivity index (χ4n) is 7.42. The van der Waals surface area contributed by atoms with E-state index in [0.717, 1.165) is 61.6 Å². The molecule has 0 bridgehead atoms. The molecule has 35 heavy (non-hydrogen) atoms. The maximum atomic E-state index is 14.2. The summed E-state index contributed by atoms with van der Waals surface area (Å²) in [7, 11) is 0. The highest BCUT2D eigenvalue weighted by atomic mass is 16.6. The molecular weight excluding hydrogens is 432 g/mol. The molecule has 3 heteroatoms. The molecule has 3 nitrogen and oxygen atoms in total. The van der Waals surface area contributed by atoms with Crippen LogP contribution >= 0.6 is 0 Å². The van der Waals surface area contributed by atoms with E-state index in [1.807, 2.05) is 36.4 Å². The summed E-state index contributed by atoms with van der Waals surface area (Å²) in [5.74, 6) is -0.944. The Bertz CT molecular complexity index is 1130. The van der Waals surface area contributed by atoms with Gasteiger partial charge in [-0.2, -0.15) is 0 Å². The number of aliphatic hydroxyl groups is 1. The van der Waals surface area contributed by atoms with Gasteiger partial charge in [-0.05, 0) is 80.6 Å². The summed E-state index contributed by atoms with van der Waals surface area (Å²) in [6.07, 6.45) is 13.8. The Morgan fingerprint density at radius 1 is 0.914 bits per heavy atom. The van der Waals surface area contributed by atoms with Crippen molar-refractivity contribution in [2.24, 2.45) is 17.3 Å². The van der Waals surface area contributed by atoms with Gasteiger partial charge in [-0.15, -0.1) is 0 Å². The normalized spacial score (nSPS) is 36.3. The summed E-state index contributed by atoms with van der Waals surface area (Å²) in [5.41, 5.74) is 3.75. The average molecular weight is 469 g/mol. The monoisotopic (exact) mass is 468 g/mol. The molecule has 6 rings (SSSR count). The molecule has 2 aromatic rings. The zero-order chi connectivity index (χ0) is 23.9. The fraction of sp³-hybridized carbons (Fsp3) is 0.469. The third-order valence-electron chi connectivity index (χ3n) is 9.15. The summed E-state index contributed by atoms with van der Waals surface area (Å²) in [6.45, 7) is 0. The van der Waals surface area contributed by atoms with Crippen molar-refractivity contribution in [3.05, 3.63) is 89.0 Å². The second-order valence-electron chi connectivity index (χ2n) is 11.1. The number of fused-ring (bicyclic) bond motifs is 1.